The molecule has 0 aromatic rings. The third-order valence-corrected chi connectivity index (χ3v) is 3.38. The standard InChI is InChI=1S/C15H33N3O3/c1-5-15(19,6-2)13-18-14(16-7-3)17-9-8-10-21-12-11-20-4/h19H,5-13H2,1-4H3,(H2,16,17,18). The average Bonchev–Trinajstić information content (AvgIpc) is 2.51. The SMILES string of the molecule is CCNC(=NCC(O)(CC)CC)NCCCOCCOC. The number of methoxy groups -OCH3 is 1. The van der Waals surface area contributed by atoms with E-state index in [1.165, 1.54) is 0 Å². The molecule has 0 saturated heterocycles. The number of guanidine groups is 1. The zero-order valence-electron chi connectivity index (χ0n) is 14.1. The van der Waals surface area contributed by atoms with Gasteiger partial charge in [0, 0.05) is 26.8 Å². The maximum atomic E-state index is 10.2. The molecule has 0 bridgehead atoms. The summed E-state index contributed by atoms with van der Waals surface area (Å²) in [6, 6.07) is 0. The van der Waals surface area contributed by atoms with Gasteiger partial charge in [0.1, 0.15) is 0 Å². The summed E-state index contributed by atoms with van der Waals surface area (Å²) < 4.78 is 10.3. The van der Waals surface area contributed by atoms with Crippen molar-refractivity contribution in [2.45, 2.75) is 45.6 Å². The Kier molecular flexibility index (Phi) is 12.3. The van der Waals surface area contributed by atoms with Crippen molar-refractivity contribution < 1.29 is 14.6 Å². The van der Waals surface area contributed by atoms with E-state index in [-0.39, 0.29) is 0 Å². The fraction of sp³-hybridized carbons (Fsp3) is 0.933. The first-order chi connectivity index (χ1) is 10.1. The van der Waals surface area contributed by atoms with Gasteiger partial charge < -0.3 is 25.2 Å². The van der Waals surface area contributed by atoms with E-state index >= 15 is 0 Å². The molecule has 126 valence electrons. The summed E-state index contributed by atoms with van der Waals surface area (Å²) in [5, 5.41) is 16.7. The normalized spacial score (nSPS) is 12.5. The molecule has 0 rings (SSSR count). The van der Waals surface area contributed by atoms with E-state index in [2.05, 4.69) is 15.6 Å². The third kappa shape index (κ3) is 10.5. The second kappa shape index (κ2) is 12.9. The number of aliphatic hydroxyl groups is 1. The Bertz CT molecular complexity index is 269. The predicted molar refractivity (Wildman–Crippen MR) is 86.8 cm³/mol. The highest BCUT2D eigenvalue weighted by Crippen LogP contribution is 2.14. The molecule has 0 aliphatic heterocycles. The van der Waals surface area contributed by atoms with Crippen LogP contribution in [-0.4, -0.2) is 63.2 Å². The van der Waals surface area contributed by atoms with Crippen LogP contribution in [0.2, 0.25) is 0 Å². The Labute approximate surface area is 129 Å². The fourth-order valence-electron chi connectivity index (χ4n) is 1.67. The molecule has 0 radical (unpaired) electrons. The smallest absolute Gasteiger partial charge is 0.191 e. The summed E-state index contributed by atoms with van der Waals surface area (Å²) in [7, 11) is 1.66. The fourth-order valence-corrected chi connectivity index (χ4v) is 1.67. The van der Waals surface area contributed by atoms with E-state index in [1.54, 1.807) is 7.11 Å². The number of nitrogens with zero attached hydrogens (tertiary/aromatic N) is 1. The molecule has 0 aromatic carbocycles. The van der Waals surface area contributed by atoms with Crippen molar-refractivity contribution in [2.24, 2.45) is 4.99 Å². The Morgan fingerprint density at radius 2 is 1.81 bits per heavy atom. The molecule has 0 unspecified atom stereocenters. The van der Waals surface area contributed by atoms with Gasteiger partial charge in [0.05, 0.1) is 25.4 Å². The Balaban J connectivity index is 4.01. The van der Waals surface area contributed by atoms with Gasteiger partial charge in [-0.3, -0.25) is 4.99 Å². The molecule has 0 spiro atoms. The van der Waals surface area contributed by atoms with Crippen LogP contribution in [0.3, 0.4) is 0 Å². The molecule has 0 atom stereocenters. The van der Waals surface area contributed by atoms with E-state index in [9.17, 15) is 5.11 Å². The lowest BCUT2D eigenvalue weighted by Gasteiger charge is -2.23. The highest BCUT2D eigenvalue weighted by molar-refractivity contribution is 5.79. The van der Waals surface area contributed by atoms with Crippen LogP contribution < -0.4 is 10.6 Å². The van der Waals surface area contributed by atoms with Gasteiger partial charge in [0.15, 0.2) is 5.96 Å². The molecule has 6 nitrogen and oxygen atoms in total. The van der Waals surface area contributed by atoms with Crippen molar-refractivity contribution in [1.82, 2.24) is 10.6 Å². The van der Waals surface area contributed by atoms with E-state index in [0.717, 1.165) is 25.5 Å². The Morgan fingerprint density at radius 1 is 1.10 bits per heavy atom. The van der Waals surface area contributed by atoms with Crippen LogP contribution in [0.1, 0.15) is 40.0 Å². The van der Waals surface area contributed by atoms with Crippen LogP contribution in [0.4, 0.5) is 0 Å². The van der Waals surface area contributed by atoms with Crippen LogP contribution in [0.25, 0.3) is 0 Å². The first kappa shape index (κ1) is 20.1. The maximum Gasteiger partial charge on any atom is 0.191 e. The van der Waals surface area contributed by atoms with Gasteiger partial charge in [-0.1, -0.05) is 13.8 Å². The highest BCUT2D eigenvalue weighted by Gasteiger charge is 2.21. The lowest BCUT2D eigenvalue weighted by molar-refractivity contribution is 0.0418. The molecular formula is C15H33N3O3. The largest absolute Gasteiger partial charge is 0.388 e. The second-order valence-corrected chi connectivity index (χ2v) is 5.01. The minimum atomic E-state index is -0.703. The van der Waals surface area contributed by atoms with E-state index in [1.807, 2.05) is 20.8 Å². The average molecular weight is 303 g/mol. The third-order valence-electron chi connectivity index (χ3n) is 3.38. The van der Waals surface area contributed by atoms with E-state index < -0.39 is 5.60 Å². The van der Waals surface area contributed by atoms with Gasteiger partial charge in [0.2, 0.25) is 0 Å². The first-order valence-electron chi connectivity index (χ1n) is 7.93. The number of hydrogen-bond acceptors (Lipinski definition) is 4. The van der Waals surface area contributed by atoms with Crippen molar-refractivity contribution >= 4 is 5.96 Å². The summed E-state index contributed by atoms with van der Waals surface area (Å²) >= 11 is 0. The minimum absolute atomic E-state index is 0.416. The molecule has 0 amide bonds. The van der Waals surface area contributed by atoms with Crippen LogP contribution in [0, 0.1) is 0 Å². The molecule has 3 N–H and O–H groups in total. The quantitative estimate of drug-likeness (QED) is 0.286. The lowest BCUT2D eigenvalue weighted by Crippen LogP contribution is -2.40. The summed E-state index contributed by atoms with van der Waals surface area (Å²) in [5.41, 5.74) is -0.703. The molecule has 21 heavy (non-hydrogen) atoms. The second-order valence-electron chi connectivity index (χ2n) is 5.01. The van der Waals surface area contributed by atoms with Crippen molar-refractivity contribution in [2.75, 3.05) is 46.6 Å². The monoisotopic (exact) mass is 303 g/mol. The molecule has 0 aliphatic rings. The van der Waals surface area contributed by atoms with Crippen molar-refractivity contribution in [1.29, 1.82) is 0 Å². The number of aliphatic imine (C=N–C) groups is 1. The molecule has 6 heteroatoms. The van der Waals surface area contributed by atoms with Gasteiger partial charge >= 0.3 is 0 Å². The van der Waals surface area contributed by atoms with Gasteiger partial charge in [0.25, 0.3) is 0 Å². The molecule has 0 aromatic heterocycles. The number of hydrogen-bond donors (Lipinski definition) is 3. The minimum Gasteiger partial charge on any atom is -0.388 e. The van der Waals surface area contributed by atoms with Gasteiger partial charge in [-0.05, 0) is 26.2 Å². The number of nitrogens with one attached hydrogen (secondary N) is 2. The van der Waals surface area contributed by atoms with Crippen LogP contribution in [-0.2, 0) is 9.47 Å². The molecule has 0 aliphatic carbocycles. The first-order valence-corrected chi connectivity index (χ1v) is 7.93. The zero-order chi connectivity index (χ0) is 16.0. The van der Waals surface area contributed by atoms with Crippen molar-refractivity contribution in [3.05, 3.63) is 0 Å². The summed E-state index contributed by atoms with van der Waals surface area (Å²) in [6.07, 6.45) is 2.32. The van der Waals surface area contributed by atoms with Crippen molar-refractivity contribution in [3.63, 3.8) is 0 Å². The topological polar surface area (TPSA) is 75.1 Å². The molecule has 0 fully saturated rings. The van der Waals surface area contributed by atoms with Crippen LogP contribution >= 0.6 is 0 Å². The van der Waals surface area contributed by atoms with E-state index in [0.29, 0.717) is 39.2 Å². The Hall–Kier alpha value is -0.850. The number of ether oxygens (including phenoxy) is 2. The van der Waals surface area contributed by atoms with Crippen molar-refractivity contribution in [3.8, 4) is 0 Å². The highest BCUT2D eigenvalue weighted by atomic mass is 16.5. The zero-order valence-corrected chi connectivity index (χ0v) is 14.1. The van der Waals surface area contributed by atoms with Gasteiger partial charge in [-0.25, -0.2) is 0 Å². The van der Waals surface area contributed by atoms with Gasteiger partial charge in [-0.2, -0.15) is 0 Å². The Morgan fingerprint density at radius 3 is 2.38 bits per heavy atom. The summed E-state index contributed by atoms with van der Waals surface area (Å²) in [4.78, 5) is 4.46. The van der Waals surface area contributed by atoms with E-state index in [4.69, 9.17) is 9.47 Å². The van der Waals surface area contributed by atoms with Gasteiger partial charge in [-0.15, -0.1) is 0 Å². The molecule has 0 heterocycles. The van der Waals surface area contributed by atoms with Crippen LogP contribution in [0.15, 0.2) is 4.99 Å². The molecule has 0 saturated carbocycles. The summed E-state index contributed by atoms with van der Waals surface area (Å²) in [6.45, 7) is 9.95. The number of rotatable bonds is 12. The lowest BCUT2D eigenvalue weighted by atomic mass is 9.98. The summed E-state index contributed by atoms with van der Waals surface area (Å²) in [5.74, 6) is 0.745. The maximum absolute atomic E-state index is 10.2. The molecular weight excluding hydrogens is 270 g/mol. The van der Waals surface area contributed by atoms with Crippen LogP contribution in [0.5, 0.6) is 0 Å². The predicted octanol–water partition coefficient (Wildman–Crippen LogP) is 1.15.